The lowest BCUT2D eigenvalue weighted by Crippen LogP contribution is -2.24. The van der Waals surface area contributed by atoms with Gasteiger partial charge in [0.1, 0.15) is 29.3 Å². The third-order valence-electron chi connectivity index (χ3n) is 9.35. The van der Waals surface area contributed by atoms with Crippen molar-refractivity contribution in [1.82, 2.24) is 0 Å². The molecule has 52 heavy (non-hydrogen) atoms. The molecule has 0 radical (unpaired) electrons. The largest absolute Gasteiger partial charge is 0.308 e. The molecule has 8 rings (SSSR count). The number of sulfone groups is 2. The first-order chi connectivity index (χ1) is 25.0. The Balaban J connectivity index is 1.45. The van der Waals surface area contributed by atoms with E-state index in [0.717, 1.165) is 0 Å². The fraction of sp³-hybridized carbons (Fsp3) is 0. The van der Waals surface area contributed by atoms with Crippen molar-refractivity contribution in [3.05, 3.63) is 156 Å². The summed E-state index contributed by atoms with van der Waals surface area (Å²) in [5, 5.41) is 19.6. The van der Waals surface area contributed by atoms with Crippen molar-refractivity contribution in [1.29, 1.82) is 10.5 Å². The predicted molar refractivity (Wildman–Crippen MR) is 191 cm³/mol. The molecule has 6 aromatic carbocycles. The van der Waals surface area contributed by atoms with Crippen LogP contribution in [0.25, 0.3) is 27.8 Å². The second-order valence-electron chi connectivity index (χ2n) is 12.0. The van der Waals surface area contributed by atoms with Crippen molar-refractivity contribution in [2.45, 2.75) is 19.6 Å². The van der Waals surface area contributed by atoms with Crippen LogP contribution < -0.4 is 15.9 Å². The average molecular weight is 743 g/mol. The van der Waals surface area contributed by atoms with E-state index in [1.807, 2.05) is 0 Å². The van der Waals surface area contributed by atoms with Crippen LogP contribution in [0.15, 0.2) is 153 Å². The molecule has 1 unspecified atom stereocenters. The van der Waals surface area contributed by atoms with Crippen LogP contribution in [0, 0.1) is 34.3 Å². The minimum Gasteiger partial charge on any atom is -0.308 e. The zero-order chi connectivity index (χ0) is 36.6. The fourth-order valence-corrected chi connectivity index (χ4v) is 12.8. The molecule has 0 spiro atoms. The molecule has 0 saturated carbocycles. The first-order valence-corrected chi connectivity index (χ1v) is 20.3. The molecule has 0 fully saturated rings. The molecule has 252 valence electrons. The second-order valence-corrected chi connectivity index (χ2v) is 18.6. The Labute approximate surface area is 297 Å². The first-order valence-electron chi connectivity index (χ1n) is 15.6. The summed E-state index contributed by atoms with van der Waals surface area (Å²) in [7, 11) is -12.6. The minimum absolute atomic E-state index is 0.0119. The van der Waals surface area contributed by atoms with Gasteiger partial charge in [-0.1, -0.05) is 78.9 Å². The molecule has 0 aromatic heterocycles. The zero-order valence-corrected chi connectivity index (χ0v) is 29.1. The number of fused-ring (bicyclic) bond motifs is 6. The van der Waals surface area contributed by atoms with Gasteiger partial charge in [0.15, 0.2) is 7.14 Å². The quantitative estimate of drug-likeness (QED) is 0.136. The van der Waals surface area contributed by atoms with Crippen molar-refractivity contribution in [3.8, 4) is 34.4 Å². The van der Waals surface area contributed by atoms with Crippen LogP contribution >= 0.6 is 7.14 Å². The van der Waals surface area contributed by atoms with Crippen LogP contribution in [0.3, 0.4) is 0 Å². The summed E-state index contributed by atoms with van der Waals surface area (Å²) >= 11 is 0. The minimum atomic E-state index is -4.35. The van der Waals surface area contributed by atoms with E-state index < -0.39 is 66.0 Å². The summed E-state index contributed by atoms with van der Waals surface area (Å²) in [6, 6.07) is 33.7. The monoisotopic (exact) mass is 742 g/mol. The molecule has 1 aliphatic heterocycles. The topological polar surface area (TPSA) is 133 Å². The van der Waals surface area contributed by atoms with Gasteiger partial charge in [0.25, 0.3) is 0 Å². The van der Waals surface area contributed by atoms with Gasteiger partial charge in [0.2, 0.25) is 19.7 Å². The number of hydrogen-bond donors (Lipinski definition) is 0. The van der Waals surface area contributed by atoms with Crippen molar-refractivity contribution in [3.63, 3.8) is 0 Å². The number of halogens is 2. The van der Waals surface area contributed by atoms with Gasteiger partial charge in [-0.05, 0) is 65.2 Å². The highest BCUT2D eigenvalue weighted by atomic mass is 32.2. The van der Waals surface area contributed by atoms with E-state index in [-0.39, 0.29) is 52.5 Å². The highest BCUT2D eigenvalue weighted by molar-refractivity contribution is 7.92. The Hall–Kier alpha value is -5.97. The van der Waals surface area contributed by atoms with Crippen LogP contribution in [0.4, 0.5) is 8.78 Å². The summed E-state index contributed by atoms with van der Waals surface area (Å²) in [6.45, 7) is 0. The second kappa shape index (κ2) is 11.8. The zero-order valence-electron chi connectivity index (χ0n) is 26.6. The van der Waals surface area contributed by atoms with Gasteiger partial charge in [-0.25, -0.2) is 25.6 Å². The van der Waals surface area contributed by atoms with Gasteiger partial charge in [0, 0.05) is 32.9 Å². The van der Waals surface area contributed by atoms with E-state index >= 15 is 13.3 Å². The molecule has 6 aromatic rings. The standard InChI is InChI=1S/C40H21F2N2O5PS2/c41-38-36-31-19-17-29(52(48,49)27-14-8-3-9-15-27)21-33(31)50(45,25-10-4-1-5-11-25)40(36)39(42)35-30-18-16-28(51(46,47)26-12-6-2-7-13-26)20-32(30)34(37(35)38)24(22-43)23-44/h1-21H. The van der Waals surface area contributed by atoms with Gasteiger partial charge in [-0.2, -0.15) is 10.5 Å². The first kappa shape index (κ1) is 33.2. The van der Waals surface area contributed by atoms with E-state index in [4.69, 9.17) is 0 Å². The van der Waals surface area contributed by atoms with Crippen molar-refractivity contribution in [2.75, 3.05) is 0 Å². The lowest BCUT2D eigenvalue weighted by atomic mass is 9.94. The maximum absolute atomic E-state index is 17.6. The molecular formula is C40H21F2N2O5PS2. The number of rotatable bonds is 5. The highest BCUT2D eigenvalue weighted by Gasteiger charge is 2.49. The van der Waals surface area contributed by atoms with Crippen molar-refractivity contribution in [2.24, 2.45) is 0 Å². The third kappa shape index (κ3) is 4.54. The van der Waals surface area contributed by atoms with Gasteiger partial charge < -0.3 is 4.57 Å². The van der Waals surface area contributed by atoms with Crippen molar-refractivity contribution < 1.29 is 30.2 Å². The van der Waals surface area contributed by atoms with Crippen LogP contribution in [0.5, 0.6) is 0 Å². The lowest BCUT2D eigenvalue weighted by Gasteiger charge is -2.18. The molecule has 1 atom stereocenters. The number of nitriles is 2. The van der Waals surface area contributed by atoms with Gasteiger partial charge in [-0.15, -0.1) is 0 Å². The Kier molecular flexibility index (Phi) is 7.53. The van der Waals surface area contributed by atoms with E-state index in [0.29, 0.717) is 0 Å². The number of allylic oxidation sites excluding steroid dienone is 1. The van der Waals surface area contributed by atoms with Crippen molar-refractivity contribution >= 4 is 48.3 Å². The highest BCUT2D eigenvalue weighted by Crippen LogP contribution is 2.59. The molecule has 7 nitrogen and oxygen atoms in total. The molecule has 12 heteroatoms. The lowest BCUT2D eigenvalue weighted by molar-refractivity contribution is 0.587. The molecule has 2 aliphatic rings. The summed E-state index contributed by atoms with van der Waals surface area (Å²) in [5.41, 5.74) is -2.27. The molecular weight excluding hydrogens is 722 g/mol. The number of benzene rings is 6. The smallest absolute Gasteiger partial charge is 0.206 e. The fourth-order valence-electron chi connectivity index (χ4n) is 7.00. The molecule has 1 heterocycles. The van der Waals surface area contributed by atoms with E-state index in [9.17, 15) is 27.4 Å². The molecule has 0 N–H and O–H groups in total. The van der Waals surface area contributed by atoms with Crippen LogP contribution in [-0.4, -0.2) is 16.8 Å². The molecule has 0 bridgehead atoms. The van der Waals surface area contributed by atoms with E-state index in [2.05, 4.69) is 0 Å². The van der Waals surface area contributed by atoms with E-state index in [1.54, 1.807) is 66.7 Å². The Morgan fingerprint density at radius 1 is 0.538 bits per heavy atom. The number of nitrogens with zero attached hydrogens (tertiary/aromatic N) is 2. The van der Waals surface area contributed by atoms with Crippen LogP contribution in [0.1, 0.15) is 11.1 Å². The molecule has 0 amide bonds. The summed E-state index contributed by atoms with van der Waals surface area (Å²) in [4.78, 5) is -0.540. The van der Waals surface area contributed by atoms with Crippen LogP contribution in [0.2, 0.25) is 0 Å². The molecule has 0 saturated heterocycles. The average Bonchev–Trinajstić information content (AvgIpc) is 3.66. The van der Waals surface area contributed by atoms with Gasteiger partial charge >= 0.3 is 0 Å². The van der Waals surface area contributed by atoms with Gasteiger partial charge in [0.05, 0.1) is 24.9 Å². The Morgan fingerprint density at radius 2 is 1.04 bits per heavy atom. The summed E-state index contributed by atoms with van der Waals surface area (Å²) in [5.74, 6) is -2.20. The predicted octanol–water partition coefficient (Wildman–Crippen LogP) is 7.08. The van der Waals surface area contributed by atoms with E-state index in [1.165, 1.54) is 72.8 Å². The summed E-state index contributed by atoms with van der Waals surface area (Å²) < 4.78 is 105. The Bertz CT molecular complexity index is 2920. The van der Waals surface area contributed by atoms with Gasteiger partial charge in [-0.3, -0.25) is 0 Å². The summed E-state index contributed by atoms with van der Waals surface area (Å²) in [6.07, 6.45) is 0. The third-order valence-corrected chi connectivity index (χ3v) is 16.0. The molecule has 1 aliphatic carbocycles. The SMILES string of the molecule is N#CC(C#N)=C1c2cc(S(=O)(=O)c3ccccc3)ccc2-c2c(F)c3c(c(F)c21)-c1ccc(S(=O)(=O)c2ccccc2)cc1P3(=O)c1ccccc1. The maximum Gasteiger partial charge on any atom is 0.206 e. The maximum atomic E-state index is 17.6. The normalized spacial score (nSPS) is 15.5. The number of hydrogen-bond acceptors (Lipinski definition) is 7. The Morgan fingerprint density at radius 3 is 1.58 bits per heavy atom. The van der Waals surface area contributed by atoms with Crippen LogP contribution in [-0.2, 0) is 24.2 Å².